The second kappa shape index (κ2) is 8.71. The molecule has 1 saturated heterocycles. The summed E-state index contributed by atoms with van der Waals surface area (Å²) >= 11 is 0. The number of likely N-dealkylation sites (tertiary alicyclic amines) is 1. The first-order valence-electron chi connectivity index (χ1n) is 9.91. The molecular weight excluding hydrogens is 396 g/mol. The van der Waals surface area contributed by atoms with Gasteiger partial charge in [0, 0.05) is 19.1 Å². The molecule has 1 N–H and O–H groups in total. The fourth-order valence-electron chi connectivity index (χ4n) is 3.26. The molecule has 2 fully saturated rings. The van der Waals surface area contributed by atoms with Gasteiger partial charge in [0.1, 0.15) is 10.6 Å². The van der Waals surface area contributed by atoms with E-state index in [2.05, 4.69) is 11.6 Å². The number of nitrogens with one attached hydrogen (secondary N) is 1. The third kappa shape index (κ3) is 5.27. The predicted molar refractivity (Wildman–Crippen MR) is 106 cm³/mol. The van der Waals surface area contributed by atoms with Gasteiger partial charge < -0.3 is 14.4 Å². The minimum atomic E-state index is -3.82. The minimum absolute atomic E-state index is 0.0499. The van der Waals surface area contributed by atoms with Crippen LogP contribution in [0.1, 0.15) is 49.9 Å². The number of hydrogen-bond donors (Lipinski definition) is 1. The Labute approximate surface area is 171 Å². The lowest BCUT2D eigenvalue weighted by atomic mass is 9.99. The number of ether oxygens (including phenoxy) is 2. The molecule has 2 aliphatic rings. The summed E-state index contributed by atoms with van der Waals surface area (Å²) in [5, 5.41) is 0. The molecular formula is C20H28N2O6S. The van der Waals surface area contributed by atoms with E-state index in [1.165, 1.54) is 32.2 Å². The highest BCUT2D eigenvalue weighted by Gasteiger charge is 2.31. The number of carbonyl (C=O) groups is 2. The monoisotopic (exact) mass is 424 g/mol. The zero-order chi connectivity index (χ0) is 21.2. The van der Waals surface area contributed by atoms with Crippen LogP contribution in [0.4, 0.5) is 0 Å². The van der Waals surface area contributed by atoms with Crippen LogP contribution in [0.3, 0.4) is 0 Å². The second-order valence-corrected chi connectivity index (χ2v) is 9.50. The minimum Gasteiger partial charge on any atom is -0.495 e. The van der Waals surface area contributed by atoms with Gasteiger partial charge in [0.15, 0.2) is 6.10 Å². The lowest BCUT2D eigenvalue weighted by Gasteiger charge is -2.31. The molecule has 1 unspecified atom stereocenters. The van der Waals surface area contributed by atoms with Crippen LogP contribution in [0.2, 0.25) is 0 Å². The topological polar surface area (TPSA) is 102 Å². The zero-order valence-corrected chi connectivity index (χ0v) is 17.8. The Hall–Kier alpha value is -2.13. The summed E-state index contributed by atoms with van der Waals surface area (Å²) in [6.45, 7) is 4.99. The number of sulfonamides is 1. The van der Waals surface area contributed by atoms with Crippen molar-refractivity contribution in [3.05, 3.63) is 23.8 Å². The van der Waals surface area contributed by atoms with E-state index in [9.17, 15) is 18.0 Å². The number of piperidine rings is 1. The fraction of sp³-hybridized carbons (Fsp3) is 0.600. The molecule has 29 heavy (non-hydrogen) atoms. The van der Waals surface area contributed by atoms with E-state index < -0.39 is 22.1 Å². The van der Waals surface area contributed by atoms with Gasteiger partial charge in [0.2, 0.25) is 10.0 Å². The number of amides is 1. The maximum atomic E-state index is 12.6. The molecule has 0 spiro atoms. The van der Waals surface area contributed by atoms with Crippen LogP contribution >= 0.6 is 0 Å². The molecule has 1 aromatic carbocycles. The SMILES string of the molecule is COc1ccc(C(=O)OC(C)C(=O)N2CCC(C)CC2)cc1S(=O)(=O)NC1CC1. The summed E-state index contributed by atoms with van der Waals surface area (Å²) in [4.78, 5) is 26.7. The van der Waals surface area contributed by atoms with Crippen LogP contribution in [-0.4, -0.2) is 57.5 Å². The summed E-state index contributed by atoms with van der Waals surface area (Å²) in [5.74, 6) is -0.258. The summed E-state index contributed by atoms with van der Waals surface area (Å²) in [5.41, 5.74) is 0.0499. The van der Waals surface area contributed by atoms with Gasteiger partial charge in [0.05, 0.1) is 12.7 Å². The lowest BCUT2D eigenvalue weighted by molar-refractivity contribution is -0.141. The van der Waals surface area contributed by atoms with E-state index in [0.717, 1.165) is 25.7 Å². The first kappa shape index (κ1) is 21.6. The summed E-state index contributed by atoms with van der Waals surface area (Å²) in [6, 6.07) is 3.99. The smallest absolute Gasteiger partial charge is 0.338 e. The van der Waals surface area contributed by atoms with Crippen molar-refractivity contribution in [2.45, 2.75) is 56.6 Å². The van der Waals surface area contributed by atoms with E-state index in [0.29, 0.717) is 19.0 Å². The molecule has 3 rings (SSSR count). The van der Waals surface area contributed by atoms with Crippen LogP contribution in [0.5, 0.6) is 5.75 Å². The molecule has 1 saturated carbocycles. The number of methoxy groups -OCH3 is 1. The number of benzene rings is 1. The molecule has 1 aliphatic heterocycles. The molecule has 1 aliphatic carbocycles. The molecule has 1 amide bonds. The molecule has 1 aromatic rings. The van der Waals surface area contributed by atoms with Gasteiger partial charge in [-0.1, -0.05) is 6.92 Å². The van der Waals surface area contributed by atoms with Gasteiger partial charge >= 0.3 is 5.97 Å². The third-order valence-corrected chi connectivity index (χ3v) is 6.86. The average Bonchev–Trinajstić information content (AvgIpc) is 3.50. The highest BCUT2D eigenvalue weighted by atomic mass is 32.2. The lowest BCUT2D eigenvalue weighted by Crippen LogP contribution is -2.44. The largest absolute Gasteiger partial charge is 0.495 e. The number of esters is 1. The Bertz CT molecular complexity index is 873. The Kier molecular flexibility index (Phi) is 6.48. The third-order valence-electron chi connectivity index (χ3n) is 5.31. The molecule has 8 nitrogen and oxygen atoms in total. The van der Waals surface area contributed by atoms with Crippen molar-refractivity contribution in [1.29, 1.82) is 0 Å². The Morgan fingerprint density at radius 2 is 1.83 bits per heavy atom. The van der Waals surface area contributed by atoms with Crippen LogP contribution in [0.25, 0.3) is 0 Å². The maximum absolute atomic E-state index is 12.6. The average molecular weight is 425 g/mol. The summed E-state index contributed by atoms with van der Waals surface area (Å²) < 4.78 is 38.2. The predicted octanol–water partition coefficient (Wildman–Crippen LogP) is 1.94. The van der Waals surface area contributed by atoms with Crippen molar-refractivity contribution in [3.63, 3.8) is 0 Å². The second-order valence-electron chi connectivity index (χ2n) is 7.82. The van der Waals surface area contributed by atoms with Crippen molar-refractivity contribution < 1.29 is 27.5 Å². The van der Waals surface area contributed by atoms with Crippen LogP contribution in [0.15, 0.2) is 23.1 Å². The molecule has 9 heteroatoms. The highest BCUT2D eigenvalue weighted by Crippen LogP contribution is 2.28. The van der Waals surface area contributed by atoms with Gasteiger partial charge in [-0.15, -0.1) is 0 Å². The van der Waals surface area contributed by atoms with Crippen molar-refractivity contribution in [1.82, 2.24) is 9.62 Å². The van der Waals surface area contributed by atoms with E-state index in [1.54, 1.807) is 4.90 Å². The standard InChI is InChI=1S/C20H28N2O6S/c1-13-8-10-22(11-9-13)19(23)14(2)28-20(24)15-4-7-17(27-3)18(12-15)29(25,26)21-16-5-6-16/h4,7,12-14,16,21H,5-6,8-11H2,1-3H3. The fourth-order valence-corrected chi connectivity index (χ4v) is 4.76. The molecule has 1 atom stereocenters. The zero-order valence-electron chi connectivity index (χ0n) is 17.0. The molecule has 0 bridgehead atoms. The Balaban J connectivity index is 1.71. The highest BCUT2D eigenvalue weighted by molar-refractivity contribution is 7.89. The van der Waals surface area contributed by atoms with Crippen molar-refractivity contribution in [2.75, 3.05) is 20.2 Å². The van der Waals surface area contributed by atoms with E-state index >= 15 is 0 Å². The van der Waals surface area contributed by atoms with Crippen LogP contribution < -0.4 is 9.46 Å². The quantitative estimate of drug-likeness (QED) is 0.671. The number of nitrogens with zero attached hydrogens (tertiary/aromatic N) is 1. The van der Waals surface area contributed by atoms with Crippen molar-refractivity contribution >= 4 is 21.9 Å². The van der Waals surface area contributed by atoms with E-state index in [-0.39, 0.29) is 28.2 Å². The Morgan fingerprint density at radius 3 is 2.41 bits per heavy atom. The summed E-state index contributed by atoms with van der Waals surface area (Å²) in [7, 11) is -2.46. The number of hydrogen-bond acceptors (Lipinski definition) is 6. The molecule has 1 heterocycles. The molecule has 160 valence electrons. The van der Waals surface area contributed by atoms with Crippen molar-refractivity contribution in [2.24, 2.45) is 5.92 Å². The van der Waals surface area contributed by atoms with Gasteiger partial charge in [-0.25, -0.2) is 17.9 Å². The van der Waals surface area contributed by atoms with Gasteiger partial charge in [-0.05, 0) is 56.7 Å². The van der Waals surface area contributed by atoms with E-state index in [1.807, 2.05) is 0 Å². The van der Waals surface area contributed by atoms with E-state index in [4.69, 9.17) is 9.47 Å². The first-order chi connectivity index (χ1) is 13.7. The number of rotatable bonds is 7. The van der Waals surface area contributed by atoms with Crippen molar-refractivity contribution in [3.8, 4) is 5.75 Å². The van der Waals surface area contributed by atoms with Gasteiger partial charge in [-0.2, -0.15) is 0 Å². The van der Waals surface area contributed by atoms with Crippen LogP contribution in [0, 0.1) is 5.92 Å². The maximum Gasteiger partial charge on any atom is 0.338 e. The Morgan fingerprint density at radius 1 is 1.17 bits per heavy atom. The molecule has 0 radical (unpaired) electrons. The molecule has 0 aromatic heterocycles. The summed E-state index contributed by atoms with van der Waals surface area (Å²) in [6.07, 6.45) is 2.50. The van der Waals surface area contributed by atoms with Crippen LogP contribution in [-0.2, 0) is 19.6 Å². The normalized spacial score (nSPS) is 18.9. The van der Waals surface area contributed by atoms with Gasteiger partial charge in [0.25, 0.3) is 5.91 Å². The number of carbonyl (C=O) groups excluding carboxylic acids is 2. The first-order valence-corrected chi connectivity index (χ1v) is 11.4. The van der Waals surface area contributed by atoms with Gasteiger partial charge in [-0.3, -0.25) is 4.79 Å².